The van der Waals surface area contributed by atoms with Gasteiger partial charge < -0.3 is 5.32 Å². The normalized spacial score (nSPS) is 11.8. The van der Waals surface area contributed by atoms with Crippen molar-refractivity contribution in [3.05, 3.63) is 65.7 Å². The third kappa shape index (κ3) is 5.85. The first-order chi connectivity index (χ1) is 11.8. The minimum atomic E-state index is -3.51. The van der Waals surface area contributed by atoms with E-state index in [4.69, 9.17) is 0 Å². The van der Waals surface area contributed by atoms with Crippen LogP contribution in [0.2, 0.25) is 0 Å². The van der Waals surface area contributed by atoms with Crippen LogP contribution in [-0.2, 0) is 14.8 Å². The summed E-state index contributed by atoms with van der Waals surface area (Å²) in [6.07, 6.45) is 3.05. The van der Waals surface area contributed by atoms with Gasteiger partial charge in [0, 0.05) is 17.8 Å². The molecule has 6 heteroatoms. The van der Waals surface area contributed by atoms with E-state index in [0.717, 1.165) is 16.8 Å². The molecule has 1 amide bonds. The molecule has 2 N–H and O–H groups in total. The number of carbonyl (C=O) groups excluding carboxylic acids is 1. The molecule has 132 valence electrons. The van der Waals surface area contributed by atoms with Crippen LogP contribution in [0, 0.1) is 6.92 Å². The predicted octanol–water partition coefficient (Wildman–Crippen LogP) is 3.33. The van der Waals surface area contributed by atoms with Crippen molar-refractivity contribution in [1.29, 1.82) is 0 Å². The molecule has 5 nitrogen and oxygen atoms in total. The van der Waals surface area contributed by atoms with Crippen molar-refractivity contribution in [2.24, 2.45) is 0 Å². The van der Waals surface area contributed by atoms with E-state index >= 15 is 0 Å². The monoisotopic (exact) mass is 358 g/mol. The summed E-state index contributed by atoms with van der Waals surface area (Å²) < 4.78 is 26.6. The lowest BCUT2D eigenvalue weighted by Crippen LogP contribution is -2.30. The van der Waals surface area contributed by atoms with Crippen LogP contribution in [0.5, 0.6) is 0 Å². The molecule has 0 atom stereocenters. The summed E-state index contributed by atoms with van der Waals surface area (Å²) in [7, 11) is -3.51. The molecular formula is C19H22N2O3S. The number of sulfonamides is 1. The summed E-state index contributed by atoms with van der Waals surface area (Å²) in [6, 6.07) is 13.7. The van der Waals surface area contributed by atoms with E-state index in [1.165, 1.54) is 18.2 Å². The van der Waals surface area contributed by atoms with E-state index in [1.54, 1.807) is 32.1 Å². The van der Waals surface area contributed by atoms with Crippen molar-refractivity contribution in [1.82, 2.24) is 4.72 Å². The second-order valence-corrected chi connectivity index (χ2v) is 7.75. The van der Waals surface area contributed by atoms with Gasteiger partial charge in [-0.2, -0.15) is 0 Å². The van der Waals surface area contributed by atoms with Crippen LogP contribution in [0.1, 0.15) is 25.0 Å². The molecule has 0 aromatic heterocycles. The topological polar surface area (TPSA) is 75.3 Å². The molecule has 0 saturated heterocycles. The highest BCUT2D eigenvalue weighted by Gasteiger charge is 2.14. The van der Waals surface area contributed by atoms with Crippen molar-refractivity contribution >= 4 is 27.7 Å². The molecule has 0 fully saturated rings. The van der Waals surface area contributed by atoms with Gasteiger partial charge in [-0.05, 0) is 56.7 Å². The predicted molar refractivity (Wildman–Crippen MR) is 101 cm³/mol. The van der Waals surface area contributed by atoms with Crippen LogP contribution in [0.4, 0.5) is 5.69 Å². The van der Waals surface area contributed by atoms with Crippen molar-refractivity contribution in [3.8, 4) is 0 Å². The van der Waals surface area contributed by atoms with Gasteiger partial charge in [-0.1, -0.05) is 29.8 Å². The van der Waals surface area contributed by atoms with E-state index in [9.17, 15) is 13.2 Å². The molecule has 2 aromatic rings. The van der Waals surface area contributed by atoms with Gasteiger partial charge in [0.25, 0.3) is 0 Å². The van der Waals surface area contributed by atoms with Crippen LogP contribution in [0.15, 0.2) is 59.5 Å². The quantitative estimate of drug-likeness (QED) is 0.778. The summed E-state index contributed by atoms with van der Waals surface area (Å²) in [6.45, 7) is 5.51. The number of hydrogen-bond donors (Lipinski definition) is 2. The summed E-state index contributed by atoms with van der Waals surface area (Å²) in [5.74, 6) is -0.248. The first kappa shape index (κ1) is 18.9. The SMILES string of the molecule is Cc1ccc(NC(=O)/C=C/c2ccc(S(=O)(=O)NC(C)C)cc2)cc1. The molecule has 2 rings (SSSR count). The molecular weight excluding hydrogens is 336 g/mol. The summed E-state index contributed by atoms with van der Waals surface area (Å²) in [4.78, 5) is 12.1. The lowest BCUT2D eigenvalue weighted by molar-refractivity contribution is -0.111. The zero-order valence-corrected chi connectivity index (χ0v) is 15.3. The fourth-order valence-electron chi connectivity index (χ4n) is 2.13. The van der Waals surface area contributed by atoms with Gasteiger partial charge in [0.1, 0.15) is 0 Å². The lowest BCUT2D eigenvalue weighted by atomic mass is 10.2. The molecule has 0 aliphatic carbocycles. The Morgan fingerprint density at radius 3 is 2.16 bits per heavy atom. The van der Waals surface area contributed by atoms with Gasteiger partial charge in [-0.15, -0.1) is 0 Å². The maximum absolute atomic E-state index is 12.1. The van der Waals surface area contributed by atoms with Crippen LogP contribution in [0.25, 0.3) is 6.08 Å². The standard InChI is InChI=1S/C19H22N2O3S/c1-14(2)21-25(23,24)18-11-6-16(7-12-18)8-13-19(22)20-17-9-4-15(3)5-10-17/h4-14,21H,1-3H3,(H,20,22)/b13-8+. The van der Waals surface area contributed by atoms with E-state index in [1.807, 2.05) is 31.2 Å². The van der Waals surface area contributed by atoms with E-state index in [2.05, 4.69) is 10.0 Å². The Bertz CT molecular complexity index is 853. The number of anilines is 1. The number of amides is 1. The number of rotatable bonds is 6. The number of hydrogen-bond acceptors (Lipinski definition) is 3. The summed E-state index contributed by atoms with van der Waals surface area (Å²) >= 11 is 0. The van der Waals surface area contributed by atoms with E-state index in [-0.39, 0.29) is 16.8 Å². The zero-order valence-electron chi connectivity index (χ0n) is 14.5. The molecule has 0 bridgehead atoms. The second kappa shape index (κ2) is 8.09. The molecule has 0 saturated carbocycles. The van der Waals surface area contributed by atoms with Gasteiger partial charge in [0.15, 0.2) is 0 Å². The Balaban J connectivity index is 2.01. The van der Waals surface area contributed by atoms with E-state index < -0.39 is 10.0 Å². The van der Waals surface area contributed by atoms with Crippen LogP contribution < -0.4 is 10.0 Å². The highest BCUT2D eigenvalue weighted by Crippen LogP contribution is 2.13. The van der Waals surface area contributed by atoms with Crippen molar-refractivity contribution < 1.29 is 13.2 Å². The molecule has 0 heterocycles. The largest absolute Gasteiger partial charge is 0.323 e. The summed E-state index contributed by atoms with van der Waals surface area (Å²) in [5, 5.41) is 2.76. The molecule has 0 radical (unpaired) electrons. The highest BCUT2D eigenvalue weighted by atomic mass is 32.2. The Morgan fingerprint density at radius 1 is 1.00 bits per heavy atom. The smallest absolute Gasteiger partial charge is 0.248 e. The minimum absolute atomic E-state index is 0.171. The third-order valence-corrected chi connectivity index (χ3v) is 5.00. The van der Waals surface area contributed by atoms with Crippen molar-refractivity contribution in [3.63, 3.8) is 0 Å². The Labute approximate surface area is 148 Å². The fourth-order valence-corrected chi connectivity index (χ4v) is 3.38. The van der Waals surface area contributed by atoms with Gasteiger partial charge in [0.2, 0.25) is 15.9 Å². The lowest BCUT2D eigenvalue weighted by Gasteiger charge is -2.09. The molecule has 0 aliphatic heterocycles. The van der Waals surface area contributed by atoms with Crippen LogP contribution in [0.3, 0.4) is 0 Å². The maximum atomic E-state index is 12.1. The number of benzene rings is 2. The summed E-state index contributed by atoms with van der Waals surface area (Å²) in [5.41, 5.74) is 2.58. The average molecular weight is 358 g/mol. The number of carbonyl (C=O) groups is 1. The molecule has 25 heavy (non-hydrogen) atoms. The molecule has 2 aromatic carbocycles. The first-order valence-electron chi connectivity index (χ1n) is 7.94. The molecule has 0 aliphatic rings. The van der Waals surface area contributed by atoms with Crippen LogP contribution >= 0.6 is 0 Å². The van der Waals surface area contributed by atoms with E-state index in [0.29, 0.717) is 0 Å². The highest BCUT2D eigenvalue weighted by molar-refractivity contribution is 7.89. The van der Waals surface area contributed by atoms with Gasteiger partial charge >= 0.3 is 0 Å². The van der Waals surface area contributed by atoms with Crippen molar-refractivity contribution in [2.45, 2.75) is 31.7 Å². The van der Waals surface area contributed by atoms with Gasteiger partial charge in [-0.25, -0.2) is 13.1 Å². The minimum Gasteiger partial charge on any atom is -0.323 e. The van der Waals surface area contributed by atoms with Gasteiger partial charge in [0.05, 0.1) is 4.90 Å². The Hall–Kier alpha value is -2.44. The van der Waals surface area contributed by atoms with Crippen molar-refractivity contribution in [2.75, 3.05) is 5.32 Å². The molecule has 0 unspecified atom stereocenters. The maximum Gasteiger partial charge on any atom is 0.248 e. The van der Waals surface area contributed by atoms with Crippen LogP contribution in [-0.4, -0.2) is 20.4 Å². The molecule has 0 spiro atoms. The second-order valence-electron chi connectivity index (χ2n) is 6.03. The third-order valence-electron chi connectivity index (χ3n) is 3.33. The Kier molecular flexibility index (Phi) is 6.12. The fraction of sp³-hybridized carbons (Fsp3) is 0.211. The number of nitrogens with one attached hydrogen (secondary N) is 2. The first-order valence-corrected chi connectivity index (χ1v) is 9.43. The zero-order chi connectivity index (χ0) is 18.4. The average Bonchev–Trinajstić information content (AvgIpc) is 2.54. The Morgan fingerprint density at radius 2 is 1.60 bits per heavy atom. The number of aryl methyl sites for hydroxylation is 1. The van der Waals surface area contributed by atoms with Gasteiger partial charge in [-0.3, -0.25) is 4.79 Å².